The maximum absolute atomic E-state index is 12.3. The highest BCUT2D eigenvalue weighted by molar-refractivity contribution is 7.90. The Bertz CT molecular complexity index is 1270. The maximum Gasteiger partial charge on any atom is 0.251 e. The number of imidazole rings is 1. The number of rotatable bonds is 8. The van der Waals surface area contributed by atoms with E-state index in [0.29, 0.717) is 35.4 Å². The number of fused-ring (bicyclic) bond motifs is 1. The largest absolute Gasteiger partial charge is 0.617 e. The smallest absolute Gasteiger partial charge is 0.251 e. The van der Waals surface area contributed by atoms with E-state index in [1.165, 1.54) is 0 Å². The highest BCUT2D eigenvalue weighted by Gasteiger charge is 2.23. The van der Waals surface area contributed by atoms with Gasteiger partial charge in [-0.3, -0.25) is 9.20 Å². The van der Waals surface area contributed by atoms with Gasteiger partial charge in [-0.2, -0.15) is 0 Å². The predicted molar refractivity (Wildman–Crippen MR) is 132 cm³/mol. The van der Waals surface area contributed by atoms with Crippen molar-refractivity contribution in [1.82, 2.24) is 19.7 Å². The molecule has 1 atom stereocenters. The van der Waals surface area contributed by atoms with Crippen molar-refractivity contribution in [3.8, 4) is 22.5 Å². The number of nitrogens with zero attached hydrogens (tertiary/aromatic N) is 3. The molecular weight excluding hydrogens is 434 g/mol. The van der Waals surface area contributed by atoms with Gasteiger partial charge in [-0.15, -0.1) is 0 Å². The summed E-state index contributed by atoms with van der Waals surface area (Å²) in [6.07, 6.45) is 7.60. The SMILES string of the molecule is C[S+]([O-])CCNc1nc(-c2ccccc2)cn2c(-c3ccc(C(=O)NC4CC4)cc3)cnc12. The van der Waals surface area contributed by atoms with Crippen molar-refractivity contribution >= 4 is 28.5 Å². The Labute approximate surface area is 195 Å². The van der Waals surface area contributed by atoms with E-state index in [9.17, 15) is 9.35 Å². The molecule has 8 heteroatoms. The molecular formula is C25H25N5O2S. The van der Waals surface area contributed by atoms with E-state index >= 15 is 0 Å². The first kappa shape index (κ1) is 21.5. The van der Waals surface area contributed by atoms with E-state index < -0.39 is 11.2 Å². The average Bonchev–Trinajstić information content (AvgIpc) is 3.54. The van der Waals surface area contributed by atoms with E-state index in [-0.39, 0.29) is 5.91 Å². The molecule has 33 heavy (non-hydrogen) atoms. The van der Waals surface area contributed by atoms with Crippen LogP contribution in [0.15, 0.2) is 67.0 Å². The van der Waals surface area contributed by atoms with E-state index in [0.717, 1.165) is 35.4 Å². The molecule has 0 spiro atoms. The molecule has 1 unspecified atom stereocenters. The van der Waals surface area contributed by atoms with Crippen LogP contribution in [0.1, 0.15) is 23.2 Å². The van der Waals surface area contributed by atoms with Crippen molar-refractivity contribution in [2.75, 3.05) is 23.9 Å². The van der Waals surface area contributed by atoms with Crippen molar-refractivity contribution < 1.29 is 9.35 Å². The summed E-state index contributed by atoms with van der Waals surface area (Å²) in [6, 6.07) is 17.9. The van der Waals surface area contributed by atoms with Crippen LogP contribution < -0.4 is 10.6 Å². The van der Waals surface area contributed by atoms with Gasteiger partial charge in [-0.05, 0) is 25.0 Å². The minimum absolute atomic E-state index is 0.0300. The lowest BCUT2D eigenvalue weighted by molar-refractivity contribution is 0.0951. The first-order valence-corrected chi connectivity index (χ1v) is 12.7. The number of carbonyl (C=O) groups excluding carboxylic acids is 1. The zero-order chi connectivity index (χ0) is 22.8. The minimum atomic E-state index is -0.895. The number of hydrogen-bond donors (Lipinski definition) is 2. The monoisotopic (exact) mass is 459 g/mol. The van der Waals surface area contributed by atoms with Gasteiger partial charge in [0, 0.05) is 28.9 Å². The third-order valence-electron chi connectivity index (χ3n) is 5.60. The summed E-state index contributed by atoms with van der Waals surface area (Å²) in [5, 5.41) is 6.32. The second kappa shape index (κ2) is 9.25. The fourth-order valence-corrected chi connectivity index (χ4v) is 4.06. The van der Waals surface area contributed by atoms with Gasteiger partial charge >= 0.3 is 0 Å². The molecule has 2 aromatic heterocycles. The van der Waals surface area contributed by atoms with E-state index in [1.807, 2.05) is 71.4 Å². The van der Waals surface area contributed by atoms with Gasteiger partial charge in [0.25, 0.3) is 5.91 Å². The Morgan fingerprint density at radius 1 is 1.12 bits per heavy atom. The highest BCUT2D eigenvalue weighted by atomic mass is 32.2. The van der Waals surface area contributed by atoms with Gasteiger partial charge in [0.1, 0.15) is 5.75 Å². The molecule has 2 aromatic carbocycles. The van der Waals surface area contributed by atoms with Gasteiger partial charge in [0.2, 0.25) is 0 Å². The number of nitrogens with one attached hydrogen (secondary N) is 2. The van der Waals surface area contributed by atoms with E-state index in [4.69, 9.17) is 4.98 Å². The predicted octanol–water partition coefficient (Wildman–Crippen LogP) is 3.75. The maximum atomic E-state index is 12.3. The third kappa shape index (κ3) is 4.86. The molecule has 1 aliphatic rings. The van der Waals surface area contributed by atoms with Crippen LogP contribution in [0.3, 0.4) is 0 Å². The second-order valence-electron chi connectivity index (χ2n) is 8.21. The summed E-state index contributed by atoms with van der Waals surface area (Å²) < 4.78 is 13.5. The first-order valence-electron chi connectivity index (χ1n) is 11.0. The quantitative estimate of drug-likeness (QED) is 0.392. The molecule has 1 fully saturated rings. The Kier molecular flexibility index (Phi) is 6.02. The Balaban J connectivity index is 1.51. The molecule has 1 saturated carbocycles. The van der Waals surface area contributed by atoms with Crippen LogP contribution in [-0.2, 0) is 11.2 Å². The number of anilines is 1. The minimum Gasteiger partial charge on any atom is -0.617 e. The molecule has 2 N–H and O–H groups in total. The lowest BCUT2D eigenvalue weighted by Gasteiger charge is -2.12. The summed E-state index contributed by atoms with van der Waals surface area (Å²) in [5.74, 6) is 1.15. The molecule has 0 aliphatic heterocycles. The molecule has 2 heterocycles. The van der Waals surface area contributed by atoms with Gasteiger partial charge in [-0.25, -0.2) is 9.97 Å². The van der Waals surface area contributed by atoms with Crippen molar-refractivity contribution in [3.63, 3.8) is 0 Å². The fraction of sp³-hybridized carbons (Fsp3) is 0.240. The Morgan fingerprint density at radius 3 is 2.58 bits per heavy atom. The van der Waals surface area contributed by atoms with E-state index in [2.05, 4.69) is 15.6 Å². The zero-order valence-corrected chi connectivity index (χ0v) is 19.1. The number of amides is 1. The number of benzene rings is 2. The summed E-state index contributed by atoms with van der Waals surface area (Å²) in [4.78, 5) is 21.7. The Hall–Kier alpha value is -3.36. The second-order valence-corrected chi connectivity index (χ2v) is 9.76. The van der Waals surface area contributed by atoms with Crippen molar-refractivity contribution in [1.29, 1.82) is 0 Å². The summed E-state index contributed by atoms with van der Waals surface area (Å²) in [7, 11) is 0. The van der Waals surface area contributed by atoms with Crippen LogP contribution in [0.5, 0.6) is 0 Å². The molecule has 0 radical (unpaired) electrons. The molecule has 5 rings (SSSR count). The molecule has 168 valence electrons. The number of hydrogen-bond acceptors (Lipinski definition) is 5. The van der Waals surface area contributed by atoms with Crippen LogP contribution >= 0.6 is 0 Å². The van der Waals surface area contributed by atoms with Gasteiger partial charge in [-0.1, -0.05) is 53.6 Å². The summed E-state index contributed by atoms with van der Waals surface area (Å²) >= 11 is -0.895. The van der Waals surface area contributed by atoms with Crippen LogP contribution in [-0.4, -0.2) is 49.4 Å². The molecule has 0 saturated heterocycles. The number of carbonyl (C=O) groups is 1. The number of aromatic nitrogens is 3. The van der Waals surface area contributed by atoms with Crippen molar-refractivity contribution in [3.05, 3.63) is 72.6 Å². The van der Waals surface area contributed by atoms with Gasteiger partial charge < -0.3 is 15.2 Å². The lowest BCUT2D eigenvalue weighted by Crippen LogP contribution is -2.25. The topological polar surface area (TPSA) is 94.4 Å². The van der Waals surface area contributed by atoms with Gasteiger partial charge in [0.15, 0.2) is 11.5 Å². The van der Waals surface area contributed by atoms with Gasteiger partial charge in [0.05, 0.1) is 30.4 Å². The first-order chi connectivity index (χ1) is 16.1. The Morgan fingerprint density at radius 2 is 1.88 bits per heavy atom. The normalized spacial score (nSPS) is 14.2. The molecule has 1 aliphatic carbocycles. The van der Waals surface area contributed by atoms with Crippen LogP contribution in [0.25, 0.3) is 28.2 Å². The zero-order valence-electron chi connectivity index (χ0n) is 18.3. The molecule has 4 aromatic rings. The van der Waals surface area contributed by atoms with E-state index in [1.54, 1.807) is 6.26 Å². The summed E-state index contributed by atoms with van der Waals surface area (Å²) in [5.41, 5.74) is 5.01. The molecule has 0 bridgehead atoms. The molecule has 7 nitrogen and oxygen atoms in total. The van der Waals surface area contributed by atoms with Crippen molar-refractivity contribution in [2.24, 2.45) is 0 Å². The average molecular weight is 460 g/mol. The van der Waals surface area contributed by atoms with Crippen molar-refractivity contribution in [2.45, 2.75) is 18.9 Å². The fourth-order valence-electron chi connectivity index (χ4n) is 3.67. The van der Waals surface area contributed by atoms with Crippen LogP contribution in [0.4, 0.5) is 5.82 Å². The third-order valence-corrected chi connectivity index (χ3v) is 6.38. The standard InChI is InChI=1S/C25H25N5O2S/c1-33(32)14-13-26-23-24-27-15-22(30(24)16-21(29-23)17-5-3-2-4-6-17)18-7-9-19(10-8-18)25(31)28-20-11-12-20/h2-10,15-16,20H,11-14H2,1H3,(H,26,29)(H,28,31). The summed E-state index contributed by atoms with van der Waals surface area (Å²) in [6.45, 7) is 0.539. The van der Waals surface area contributed by atoms with Crippen LogP contribution in [0.2, 0.25) is 0 Å². The molecule has 1 amide bonds. The lowest BCUT2D eigenvalue weighted by atomic mass is 10.1. The van der Waals surface area contributed by atoms with Crippen LogP contribution in [0, 0.1) is 0 Å². The highest BCUT2D eigenvalue weighted by Crippen LogP contribution is 2.28.